The summed E-state index contributed by atoms with van der Waals surface area (Å²) < 4.78 is 5.56. The Labute approximate surface area is 99.8 Å². The Morgan fingerprint density at radius 1 is 1.50 bits per heavy atom. The van der Waals surface area contributed by atoms with Gasteiger partial charge in [0.2, 0.25) is 0 Å². The van der Waals surface area contributed by atoms with Gasteiger partial charge in [-0.1, -0.05) is 13.8 Å². The second kappa shape index (κ2) is 5.03. The van der Waals surface area contributed by atoms with Crippen molar-refractivity contribution in [2.24, 2.45) is 5.92 Å². The van der Waals surface area contributed by atoms with E-state index in [1.807, 2.05) is 6.92 Å². The Morgan fingerprint density at radius 3 is 2.62 bits per heavy atom. The molecule has 96 valence electrons. The Balaban J connectivity index is 2.55. The highest BCUT2D eigenvalue weighted by molar-refractivity contribution is 4.89. The maximum absolute atomic E-state index is 10.3. The van der Waals surface area contributed by atoms with Gasteiger partial charge in [0.05, 0.1) is 11.2 Å². The molecule has 0 aromatic carbocycles. The monoisotopic (exact) mass is 229 g/mol. The van der Waals surface area contributed by atoms with Crippen molar-refractivity contribution >= 4 is 0 Å². The van der Waals surface area contributed by atoms with Gasteiger partial charge in [0.1, 0.15) is 0 Å². The van der Waals surface area contributed by atoms with E-state index >= 15 is 0 Å². The molecule has 1 aliphatic rings. The summed E-state index contributed by atoms with van der Waals surface area (Å²) in [5, 5.41) is 10.3. The molecule has 0 radical (unpaired) electrons. The first-order chi connectivity index (χ1) is 7.29. The molecule has 1 heterocycles. The first kappa shape index (κ1) is 13.9. The molecule has 0 aromatic rings. The number of nitrogens with zero attached hydrogens (tertiary/aromatic N) is 1. The van der Waals surface area contributed by atoms with E-state index in [0.29, 0.717) is 0 Å². The number of β-amino-alcohol motifs (C(OH)–C–C–N with tert-alkyl or cyclic N) is 1. The first-order valence-electron chi connectivity index (χ1n) is 6.29. The van der Waals surface area contributed by atoms with Gasteiger partial charge in [-0.15, -0.1) is 0 Å². The predicted octanol–water partition coefficient (Wildman–Crippen LogP) is 1.89. The first-order valence-corrected chi connectivity index (χ1v) is 6.29. The van der Waals surface area contributed by atoms with Crippen molar-refractivity contribution in [2.75, 3.05) is 26.7 Å². The lowest BCUT2D eigenvalue weighted by atomic mass is 9.89. The third kappa shape index (κ3) is 3.44. The zero-order valence-electron chi connectivity index (χ0n) is 11.4. The molecule has 0 aromatic heterocycles. The minimum atomic E-state index is -0.605. The molecule has 1 rings (SSSR count). The molecule has 3 heteroatoms. The van der Waals surface area contributed by atoms with Gasteiger partial charge in [-0.05, 0) is 39.2 Å². The molecule has 0 saturated carbocycles. The Morgan fingerprint density at radius 2 is 2.12 bits per heavy atom. The predicted molar refractivity (Wildman–Crippen MR) is 66.5 cm³/mol. The van der Waals surface area contributed by atoms with Crippen LogP contribution in [-0.2, 0) is 4.74 Å². The van der Waals surface area contributed by atoms with Crippen molar-refractivity contribution in [3.63, 3.8) is 0 Å². The van der Waals surface area contributed by atoms with Crippen LogP contribution in [0.5, 0.6) is 0 Å². The number of aliphatic hydroxyl groups is 1. The maximum Gasteiger partial charge on any atom is 0.0777 e. The molecule has 2 atom stereocenters. The zero-order valence-corrected chi connectivity index (χ0v) is 11.4. The van der Waals surface area contributed by atoms with Gasteiger partial charge in [-0.3, -0.25) is 4.90 Å². The van der Waals surface area contributed by atoms with Crippen LogP contribution in [0.4, 0.5) is 0 Å². The van der Waals surface area contributed by atoms with Gasteiger partial charge in [0.25, 0.3) is 0 Å². The van der Waals surface area contributed by atoms with Crippen molar-refractivity contribution < 1.29 is 9.84 Å². The molecule has 1 N–H and O–H groups in total. The maximum atomic E-state index is 10.3. The normalized spacial score (nSPS) is 31.7. The van der Waals surface area contributed by atoms with Gasteiger partial charge in [-0.2, -0.15) is 0 Å². The fourth-order valence-electron chi connectivity index (χ4n) is 2.24. The summed E-state index contributed by atoms with van der Waals surface area (Å²) in [7, 11) is 1.78. The van der Waals surface area contributed by atoms with Gasteiger partial charge in [0, 0.05) is 20.2 Å². The summed E-state index contributed by atoms with van der Waals surface area (Å²) in [5.41, 5.74) is -0.642. The van der Waals surface area contributed by atoms with Crippen LogP contribution in [0, 0.1) is 5.92 Å². The summed E-state index contributed by atoms with van der Waals surface area (Å²) in [6.07, 6.45) is 2.27. The SMILES string of the molecule is COC1(C)CCCN(CC(C)(O)C(C)C)C1. The molecule has 0 aliphatic carbocycles. The summed E-state index contributed by atoms with van der Waals surface area (Å²) in [6, 6.07) is 0. The van der Waals surface area contributed by atoms with E-state index in [1.54, 1.807) is 7.11 Å². The summed E-state index contributed by atoms with van der Waals surface area (Å²) >= 11 is 0. The van der Waals surface area contributed by atoms with Crippen molar-refractivity contribution in [1.82, 2.24) is 4.90 Å². The average molecular weight is 229 g/mol. The number of hydrogen-bond donors (Lipinski definition) is 1. The van der Waals surface area contributed by atoms with Crippen LogP contribution in [0.1, 0.15) is 40.5 Å². The summed E-state index contributed by atoms with van der Waals surface area (Å²) in [5.74, 6) is 0.281. The second-order valence-electron chi connectivity index (χ2n) is 5.98. The Bertz CT molecular complexity index is 228. The molecule has 1 aliphatic heterocycles. The standard InChI is InChI=1S/C13H27NO2/c1-11(2)13(4,15)10-14-8-6-7-12(3,9-14)16-5/h11,15H,6-10H2,1-5H3. The van der Waals surface area contributed by atoms with Crippen molar-refractivity contribution in [3.8, 4) is 0 Å². The number of methoxy groups -OCH3 is 1. The number of likely N-dealkylation sites (tertiary alicyclic amines) is 1. The highest BCUT2D eigenvalue weighted by atomic mass is 16.5. The number of hydrogen-bond acceptors (Lipinski definition) is 3. The summed E-state index contributed by atoms with van der Waals surface area (Å²) in [6.45, 7) is 11.0. The minimum Gasteiger partial charge on any atom is -0.389 e. The van der Waals surface area contributed by atoms with Crippen LogP contribution in [0.2, 0.25) is 0 Å². The van der Waals surface area contributed by atoms with E-state index in [-0.39, 0.29) is 11.5 Å². The highest BCUT2D eigenvalue weighted by Gasteiger charge is 2.35. The van der Waals surface area contributed by atoms with Crippen LogP contribution >= 0.6 is 0 Å². The van der Waals surface area contributed by atoms with Crippen LogP contribution in [0.3, 0.4) is 0 Å². The molecule has 0 spiro atoms. The third-order valence-electron chi connectivity index (χ3n) is 4.02. The van der Waals surface area contributed by atoms with E-state index < -0.39 is 5.60 Å². The average Bonchev–Trinajstić information content (AvgIpc) is 2.17. The van der Waals surface area contributed by atoms with E-state index in [1.165, 1.54) is 0 Å². The van der Waals surface area contributed by atoms with Crippen LogP contribution in [0.15, 0.2) is 0 Å². The lowest BCUT2D eigenvalue weighted by Crippen LogP contribution is -2.53. The van der Waals surface area contributed by atoms with E-state index in [2.05, 4.69) is 25.7 Å². The van der Waals surface area contributed by atoms with Gasteiger partial charge in [0.15, 0.2) is 0 Å². The van der Waals surface area contributed by atoms with Crippen LogP contribution in [0.25, 0.3) is 0 Å². The Hall–Kier alpha value is -0.120. The largest absolute Gasteiger partial charge is 0.389 e. The summed E-state index contributed by atoms with van der Waals surface area (Å²) in [4.78, 5) is 2.33. The van der Waals surface area contributed by atoms with E-state index in [0.717, 1.165) is 32.5 Å². The molecule has 0 bridgehead atoms. The molecule has 1 saturated heterocycles. The highest BCUT2D eigenvalue weighted by Crippen LogP contribution is 2.26. The van der Waals surface area contributed by atoms with Crippen molar-refractivity contribution in [1.29, 1.82) is 0 Å². The number of ether oxygens (including phenoxy) is 1. The molecule has 0 amide bonds. The van der Waals surface area contributed by atoms with Crippen LogP contribution < -0.4 is 0 Å². The van der Waals surface area contributed by atoms with E-state index in [9.17, 15) is 5.11 Å². The number of piperidine rings is 1. The van der Waals surface area contributed by atoms with Gasteiger partial charge in [-0.25, -0.2) is 0 Å². The van der Waals surface area contributed by atoms with E-state index in [4.69, 9.17) is 4.74 Å². The number of rotatable bonds is 4. The zero-order chi connectivity index (χ0) is 12.4. The molecule has 1 fully saturated rings. The third-order valence-corrected chi connectivity index (χ3v) is 4.02. The van der Waals surface area contributed by atoms with Crippen LogP contribution in [-0.4, -0.2) is 48.0 Å². The molecular weight excluding hydrogens is 202 g/mol. The quantitative estimate of drug-likeness (QED) is 0.799. The molecule has 2 unspecified atom stereocenters. The topological polar surface area (TPSA) is 32.7 Å². The fraction of sp³-hybridized carbons (Fsp3) is 1.00. The van der Waals surface area contributed by atoms with Crippen molar-refractivity contribution in [2.45, 2.75) is 51.7 Å². The van der Waals surface area contributed by atoms with Gasteiger partial charge >= 0.3 is 0 Å². The second-order valence-corrected chi connectivity index (χ2v) is 5.98. The van der Waals surface area contributed by atoms with Crippen molar-refractivity contribution in [3.05, 3.63) is 0 Å². The molecular formula is C13H27NO2. The smallest absolute Gasteiger partial charge is 0.0777 e. The molecule has 3 nitrogen and oxygen atoms in total. The minimum absolute atomic E-state index is 0.0364. The Kier molecular flexibility index (Phi) is 4.38. The lowest BCUT2D eigenvalue weighted by Gasteiger charge is -2.43. The molecule has 16 heavy (non-hydrogen) atoms. The fourth-order valence-corrected chi connectivity index (χ4v) is 2.24. The lowest BCUT2D eigenvalue weighted by molar-refractivity contribution is -0.0807. The van der Waals surface area contributed by atoms with Gasteiger partial charge < -0.3 is 9.84 Å².